The third-order valence-corrected chi connectivity index (χ3v) is 4.18. The normalized spacial score (nSPS) is 11.0. The van der Waals surface area contributed by atoms with E-state index in [-0.39, 0.29) is 17.3 Å². The van der Waals surface area contributed by atoms with Crippen molar-refractivity contribution in [3.63, 3.8) is 0 Å². The van der Waals surface area contributed by atoms with Gasteiger partial charge in [-0.2, -0.15) is 0 Å². The number of hydrogen-bond donors (Lipinski definition) is 2. The second-order valence-corrected chi connectivity index (χ2v) is 5.86. The first kappa shape index (κ1) is 16.2. The van der Waals surface area contributed by atoms with Gasteiger partial charge >= 0.3 is 0 Å². The van der Waals surface area contributed by atoms with Crippen LogP contribution in [0.15, 0.2) is 36.4 Å². The summed E-state index contributed by atoms with van der Waals surface area (Å²) in [5.41, 5.74) is 3.65. The summed E-state index contributed by atoms with van der Waals surface area (Å²) in [4.78, 5) is 15.1. The molecule has 3 rings (SSSR count). The number of halogens is 2. The molecule has 0 aliphatic carbocycles. The highest BCUT2D eigenvalue weighted by molar-refractivity contribution is 5.94. The lowest BCUT2D eigenvalue weighted by molar-refractivity contribution is 0.0953. The number of amides is 1. The summed E-state index contributed by atoms with van der Waals surface area (Å²) in [7, 11) is 0. The van der Waals surface area contributed by atoms with Gasteiger partial charge < -0.3 is 10.3 Å². The van der Waals surface area contributed by atoms with E-state index in [0.717, 1.165) is 22.2 Å². The number of fused-ring (bicyclic) bond motifs is 1. The van der Waals surface area contributed by atoms with Gasteiger partial charge in [0.25, 0.3) is 5.91 Å². The van der Waals surface area contributed by atoms with E-state index in [1.165, 1.54) is 24.3 Å². The minimum atomic E-state index is -0.443. The van der Waals surface area contributed by atoms with Gasteiger partial charge in [0.05, 0.1) is 5.52 Å². The van der Waals surface area contributed by atoms with Crippen molar-refractivity contribution >= 4 is 16.8 Å². The number of aromatic nitrogens is 1. The Hall–Kier alpha value is -2.69. The lowest BCUT2D eigenvalue weighted by Gasteiger charge is -2.07. The van der Waals surface area contributed by atoms with E-state index in [9.17, 15) is 13.6 Å². The number of carbonyl (C=O) groups is 1. The van der Waals surface area contributed by atoms with Crippen molar-refractivity contribution in [3.8, 4) is 0 Å². The molecule has 1 amide bonds. The van der Waals surface area contributed by atoms with Gasteiger partial charge in [0.1, 0.15) is 11.6 Å². The number of nitrogens with one attached hydrogen (secondary N) is 2. The van der Waals surface area contributed by atoms with Crippen molar-refractivity contribution < 1.29 is 13.6 Å². The molecule has 0 atom stereocenters. The Morgan fingerprint density at radius 2 is 1.96 bits per heavy atom. The molecule has 0 bridgehead atoms. The topological polar surface area (TPSA) is 44.9 Å². The number of hydrogen-bond acceptors (Lipinski definition) is 1. The lowest BCUT2D eigenvalue weighted by atomic mass is 10.0. The summed E-state index contributed by atoms with van der Waals surface area (Å²) in [5, 5.41) is 3.65. The molecule has 0 fully saturated rings. The molecular weight excluding hydrogens is 310 g/mol. The van der Waals surface area contributed by atoms with Crippen LogP contribution < -0.4 is 5.32 Å². The molecule has 0 saturated carbocycles. The van der Waals surface area contributed by atoms with Crippen LogP contribution in [0.1, 0.15) is 27.2 Å². The molecule has 2 aromatic carbocycles. The molecule has 24 heavy (non-hydrogen) atoms. The van der Waals surface area contributed by atoms with Crippen LogP contribution in [0.3, 0.4) is 0 Å². The number of aromatic amines is 1. The Morgan fingerprint density at radius 1 is 1.17 bits per heavy atom. The van der Waals surface area contributed by atoms with Crippen LogP contribution in [0.2, 0.25) is 0 Å². The Kier molecular flexibility index (Phi) is 4.34. The highest BCUT2D eigenvalue weighted by Gasteiger charge is 2.14. The maximum absolute atomic E-state index is 13.9. The number of carbonyl (C=O) groups excluding carboxylic acids is 1. The number of H-pyrrole nitrogens is 1. The van der Waals surface area contributed by atoms with Gasteiger partial charge in [0.2, 0.25) is 0 Å². The molecule has 0 aliphatic rings. The highest BCUT2D eigenvalue weighted by Crippen LogP contribution is 2.27. The maximum Gasteiger partial charge on any atom is 0.251 e. The van der Waals surface area contributed by atoms with E-state index in [1.807, 2.05) is 13.8 Å². The molecule has 0 aliphatic heterocycles. The summed E-state index contributed by atoms with van der Waals surface area (Å²) in [6.45, 7) is 4.21. The minimum Gasteiger partial charge on any atom is -0.356 e. The summed E-state index contributed by atoms with van der Waals surface area (Å²) in [6.07, 6.45) is 0.567. The fraction of sp³-hybridized carbons (Fsp3) is 0.211. The van der Waals surface area contributed by atoms with E-state index in [1.54, 1.807) is 12.1 Å². The fourth-order valence-electron chi connectivity index (χ4n) is 2.99. The third-order valence-electron chi connectivity index (χ3n) is 4.18. The van der Waals surface area contributed by atoms with Gasteiger partial charge in [-0.15, -0.1) is 0 Å². The van der Waals surface area contributed by atoms with Gasteiger partial charge in [-0.1, -0.05) is 12.1 Å². The molecule has 0 spiro atoms. The zero-order valence-corrected chi connectivity index (χ0v) is 13.5. The Balaban J connectivity index is 1.76. The van der Waals surface area contributed by atoms with Crippen molar-refractivity contribution in [2.24, 2.45) is 0 Å². The van der Waals surface area contributed by atoms with Gasteiger partial charge in [0, 0.05) is 23.2 Å². The van der Waals surface area contributed by atoms with Gasteiger partial charge in [-0.05, 0) is 55.7 Å². The van der Waals surface area contributed by atoms with Crippen molar-refractivity contribution in [3.05, 3.63) is 70.4 Å². The van der Waals surface area contributed by atoms with E-state index in [4.69, 9.17) is 0 Å². The Morgan fingerprint density at radius 3 is 2.71 bits per heavy atom. The van der Waals surface area contributed by atoms with Gasteiger partial charge in [-0.25, -0.2) is 8.78 Å². The van der Waals surface area contributed by atoms with E-state index in [2.05, 4.69) is 10.3 Å². The minimum absolute atomic E-state index is 0.284. The monoisotopic (exact) mass is 328 g/mol. The highest BCUT2D eigenvalue weighted by atomic mass is 19.1. The molecule has 1 heterocycles. The molecule has 0 unspecified atom stereocenters. The van der Waals surface area contributed by atoms with Crippen LogP contribution in [0.5, 0.6) is 0 Å². The summed E-state index contributed by atoms with van der Waals surface area (Å²) in [6, 6.07) is 8.76. The quantitative estimate of drug-likeness (QED) is 0.746. The molecule has 3 nitrogen and oxygen atoms in total. The molecule has 5 heteroatoms. The van der Waals surface area contributed by atoms with Crippen LogP contribution in [0.25, 0.3) is 10.9 Å². The second kappa shape index (κ2) is 6.43. The summed E-state index contributed by atoms with van der Waals surface area (Å²) < 4.78 is 27.1. The number of aryl methyl sites for hydroxylation is 2. The maximum atomic E-state index is 13.9. The molecule has 2 N–H and O–H groups in total. The first-order valence-corrected chi connectivity index (χ1v) is 7.77. The van der Waals surface area contributed by atoms with Crippen molar-refractivity contribution in [1.82, 2.24) is 10.3 Å². The van der Waals surface area contributed by atoms with Gasteiger partial charge in [-0.3, -0.25) is 4.79 Å². The van der Waals surface area contributed by atoms with Crippen LogP contribution in [-0.4, -0.2) is 17.4 Å². The molecule has 0 radical (unpaired) electrons. The fourth-order valence-corrected chi connectivity index (χ4v) is 2.99. The summed E-state index contributed by atoms with van der Waals surface area (Å²) >= 11 is 0. The van der Waals surface area contributed by atoms with Crippen LogP contribution in [0.4, 0.5) is 8.78 Å². The second-order valence-electron chi connectivity index (χ2n) is 5.86. The Labute approximate surface area is 138 Å². The number of benzene rings is 2. The van der Waals surface area contributed by atoms with E-state index < -0.39 is 5.82 Å². The average Bonchev–Trinajstić information content (AvgIpc) is 2.89. The first-order valence-electron chi connectivity index (χ1n) is 7.77. The van der Waals surface area contributed by atoms with Crippen molar-refractivity contribution in [1.29, 1.82) is 0 Å². The third kappa shape index (κ3) is 3.02. The molecule has 0 saturated heterocycles. The summed E-state index contributed by atoms with van der Waals surface area (Å²) in [5.74, 6) is -1.05. The van der Waals surface area contributed by atoms with Crippen molar-refractivity contribution in [2.45, 2.75) is 20.3 Å². The first-order chi connectivity index (χ1) is 11.5. The predicted octanol–water partition coefficient (Wildman–Crippen LogP) is 4.04. The smallest absolute Gasteiger partial charge is 0.251 e. The predicted molar refractivity (Wildman–Crippen MR) is 90.2 cm³/mol. The standard InChI is InChI=1S/C19H18F2N2O/c1-11-6-7-16(21)18-17(11)15(12(2)23-18)8-9-22-19(24)13-4-3-5-14(20)10-13/h3-7,10,23H,8-9H2,1-2H3,(H,22,24). The zero-order valence-electron chi connectivity index (χ0n) is 13.5. The molecule has 124 valence electrons. The largest absolute Gasteiger partial charge is 0.356 e. The average molecular weight is 328 g/mol. The van der Waals surface area contributed by atoms with E-state index >= 15 is 0 Å². The SMILES string of the molecule is Cc1[nH]c2c(F)ccc(C)c2c1CCNC(=O)c1cccc(F)c1. The number of rotatable bonds is 4. The van der Waals surface area contributed by atoms with Crippen LogP contribution in [-0.2, 0) is 6.42 Å². The van der Waals surface area contributed by atoms with Gasteiger partial charge in [0.15, 0.2) is 0 Å². The lowest BCUT2D eigenvalue weighted by Crippen LogP contribution is -2.25. The molecular formula is C19H18F2N2O. The Bertz CT molecular complexity index is 915. The van der Waals surface area contributed by atoms with Crippen LogP contribution in [0, 0.1) is 25.5 Å². The zero-order chi connectivity index (χ0) is 17.3. The van der Waals surface area contributed by atoms with Crippen LogP contribution >= 0.6 is 0 Å². The molecule has 3 aromatic rings. The van der Waals surface area contributed by atoms with E-state index in [0.29, 0.717) is 18.5 Å². The van der Waals surface area contributed by atoms with Crippen molar-refractivity contribution in [2.75, 3.05) is 6.54 Å². The molecule has 1 aromatic heterocycles.